The lowest BCUT2D eigenvalue weighted by atomic mass is 8.96. The van der Waals surface area contributed by atoms with E-state index in [2.05, 4.69) is 0 Å². The minimum Gasteiger partial charge on any atom is -0.465 e. The van der Waals surface area contributed by atoms with Crippen molar-refractivity contribution < 1.29 is 9.53 Å². The van der Waals surface area contributed by atoms with Gasteiger partial charge in [-0.3, -0.25) is 4.79 Å². The monoisotopic (exact) mass is 205 g/mol. The zero-order valence-corrected chi connectivity index (χ0v) is 8.72. The van der Waals surface area contributed by atoms with Gasteiger partial charge in [-0.25, -0.2) is 0 Å². The minimum atomic E-state index is -0.303. The van der Waals surface area contributed by atoms with Crippen molar-refractivity contribution in [2.75, 3.05) is 6.61 Å². The van der Waals surface area contributed by atoms with Gasteiger partial charge in [0.15, 0.2) is 0 Å². The van der Waals surface area contributed by atoms with Crippen LogP contribution in [0.15, 0.2) is 0 Å². The first-order valence-electron chi connectivity index (χ1n) is 6.18. The Morgan fingerprint density at radius 3 is 2.27 bits per heavy atom. The first-order chi connectivity index (χ1) is 7.26. The van der Waals surface area contributed by atoms with Crippen LogP contribution in [0.3, 0.4) is 0 Å². The molecule has 0 saturated heterocycles. The van der Waals surface area contributed by atoms with E-state index in [1.165, 1.54) is 0 Å². The molecule has 6 rings (SSSR count). The normalized spacial score (nSPS) is 69.9. The van der Waals surface area contributed by atoms with Crippen molar-refractivity contribution in [1.29, 1.82) is 0 Å². The second-order valence-corrected chi connectivity index (χ2v) is 6.12. The Balaban J connectivity index is 1.46. The van der Waals surface area contributed by atoms with Gasteiger partial charge in [0.1, 0.15) is 6.04 Å². The summed E-state index contributed by atoms with van der Waals surface area (Å²) in [5, 5.41) is 0. The Morgan fingerprint density at radius 2 is 1.80 bits per heavy atom. The molecule has 6 aliphatic carbocycles. The topological polar surface area (TPSA) is 52.3 Å². The average Bonchev–Trinajstić information content (AvgIpc) is 2.28. The highest BCUT2D eigenvalue weighted by atomic mass is 16.5. The standard InChI is InChI=1S/C12H15NO2/c1-2-15-11(14)10(13)12-7-4-3-5(7)9(12)6(3)8(4)12/h3-10H,2,13H2,1H3/t3?,4?,5?,6?,7?,8?,9?,10-,12?/m0/s1. The van der Waals surface area contributed by atoms with Crippen LogP contribution in [0, 0.1) is 46.8 Å². The first-order valence-corrected chi connectivity index (χ1v) is 6.18. The van der Waals surface area contributed by atoms with Crippen molar-refractivity contribution in [3.63, 3.8) is 0 Å². The molecule has 0 spiro atoms. The molecule has 0 amide bonds. The average molecular weight is 205 g/mol. The molecular weight excluding hydrogens is 190 g/mol. The zero-order valence-electron chi connectivity index (χ0n) is 8.72. The summed E-state index contributed by atoms with van der Waals surface area (Å²) < 4.78 is 5.07. The van der Waals surface area contributed by atoms with Crippen LogP contribution in [-0.2, 0) is 9.53 Å². The zero-order chi connectivity index (χ0) is 10.1. The molecule has 0 unspecified atom stereocenters. The molecule has 1 atom stereocenters. The van der Waals surface area contributed by atoms with Crippen molar-refractivity contribution >= 4 is 5.97 Å². The number of hydrogen-bond donors (Lipinski definition) is 1. The van der Waals surface area contributed by atoms with E-state index in [0.29, 0.717) is 6.61 Å². The van der Waals surface area contributed by atoms with Crippen molar-refractivity contribution in [2.45, 2.75) is 13.0 Å². The molecule has 6 fully saturated rings. The van der Waals surface area contributed by atoms with E-state index < -0.39 is 0 Å². The van der Waals surface area contributed by atoms with E-state index in [1.807, 2.05) is 6.92 Å². The van der Waals surface area contributed by atoms with Gasteiger partial charge in [0.05, 0.1) is 6.61 Å². The van der Waals surface area contributed by atoms with Gasteiger partial charge in [0, 0.05) is 5.41 Å². The fourth-order valence-corrected chi connectivity index (χ4v) is 6.58. The van der Waals surface area contributed by atoms with E-state index in [0.717, 1.165) is 41.4 Å². The Labute approximate surface area is 88.3 Å². The molecule has 0 aromatic rings. The fourth-order valence-electron chi connectivity index (χ4n) is 6.58. The summed E-state index contributed by atoms with van der Waals surface area (Å²) in [4.78, 5) is 11.7. The number of nitrogens with two attached hydrogens (primary N) is 1. The van der Waals surface area contributed by atoms with Crippen molar-refractivity contribution in [3.8, 4) is 0 Å². The summed E-state index contributed by atoms with van der Waals surface area (Å²) >= 11 is 0. The summed E-state index contributed by atoms with van der Waals surface area (Å²) in [6.45, 7) is 2.31. The van der Waals surface area contributed by atoms with Crippen LogP contribution in [0.2, 0.25) is 0 Å². The maximum absolute atomic E-state index is 11.7. The maximum atomic E-state index is 11.7. The van der Waals surface area contributed by atoms with Gasteiger partial charge in [0.2, 0.25) is 0 Å². The molecule has 6 saturated carbocycles. The summed E-state index contributed by atoms with van der Waals surface area (Å²) in [5.41, 5.74) is 6.38. The Hall–Kier alpha value is -0.570. The summed E-state index contributed by atoms with van der Waals surface area (Å²) in [6, 6.07) is -0.303. The number of carbonyl (C=O) groups is 1. The second-order valence-electron chi connectivity index (χ2n) is 6.12. The van der Waals surface area contributed by atoms with Crippen LogP contribution in [-0.4, -0.2) is 18.6 Å². The maximum Gasteiger partial charge on any atom is 0.323 e. The van der Waals surface area contributed by atoms with Crippen molar-refractivity contribution in [1.82, 2.24) is 0 Å². The van der Waals surface area contributed by atoms with Gasteiger partial charge in [-0.15, -0.1) is 0 Å². The Morgan fingerprint density at radius 1 is 1.27 bits per heavy atom. The molecule has 0 aromatic heterocycles. The molecule has 80 valence electrons. The third-order valence-corrected chi connectivity index (χ3v) is 6.63. The first kappa shape index (κ1) is 7.66. The summed E-state index contributed by atoms with van der Waals surface area (Å²) in [6.07, 6.45) is 0. The van der Waals surface area contributed by atoms with Crippen LogP contribution < -0.4 is 5.73 Å². The second kappa shape index (κ2) is 1.75. The quantitative estimate of drug-likeness (QED) is 0.672. The predicted octanol–water partition coefficient (Wildman–Crippen LogP) is 0.245. The molecule has 3 heteroatoms. The lowest BCUT2D eigenvalue weighted by Gasteiger charge is -3.08. The highest BCUT2D eigenvalue weighted by molar-refractivity contribution is 5.79. The van der Waals surface area contributed by atoms with E-state index >= 15 is 0 Å². The van der Waals surface area contributed by atoms with E-state index in [1.54, 1.807) is 0 Å². The number of esters is 1. The van der Waals surface area contributed by atoms with Gasteiger partial charge in [-0.1, -0.05) is 0 Å². The summed E-state index contributed by atoms with van der Waals surface area (Å²) in [5.74, 6) is 6.42. The Bertz CT molecular complexity index is 354. The largest absolute Gasteiger partial charge is 0.465 e. The third kappa shape index (κ3) is 0.398. The van der Waals surface area contributed by atoms with Crippen LogP contribution >= 0.6 is 0 Å². The number of hydrogen-bond acceptors (Lipinski definition) is 3. The lowest BCUT2D eigenvalue weighted by molar-refractivity contribution is -0.616. The van der Waals surface area contributed by atoms with Gasteiger partial charge in [-0.05, 0) is 48.3 Å². The van der Waals surface area contributed by atoms with Gasteiger partial charge in [-0.2, -0.15) is 0 Å². The molecule has 0 aromatic carbocycles. The van der Waals surface area contributed by atoms with Crippen LogP contribution in [0.25, 0.3) is 0 Å². The van der Waals surface area contributed by atoms with Gasteiger partial charge < -0.3 is 10.5 Å². The number of carbonyl (C=O) groups excluding carboxylic acids is 1. The van der Waals surface area contributed by atoms with Crippen LogP contribution in [0.5, 0.6) is 0 Å². The molecule has 15 heavy (non-hydrogen) atoms. The molecule has 6 aliphatic rings. The lowest BCUT2D eigenvalue weighted by Crippen LogP contribution is -3.07. The van der Waals surface area contributed by atoms with E-state index in [-0.39, 0.29) is 17.4 Å². The Kier molecular flexibility index (Phi) is 0.894. The van der Waals surface area contributed by atoms with Crippen LogP contribution in [0.4, 0.5) is 0 Å². The SMILES string of the molecule is CCOC(=O)[C@H](N)C12C3C4C5C3C1C5C42. The highest BCUT2D eigenvalue weighted by Crippen LogP contribution is 3.06. The molecule has 0 heterocycles. The smallest absolute Gasteiger partial charge is 0.323 e. The van der Waals surface area contributed by atoms with Gasteiger partial charge >= 0.3 is 5.97 Å². The molecule has 0 bridgehead atoms. The fraction of sp³-hybridized carbons (Fsp3) is 0.917. The molecular formula is C12H15NO2. The molecule has 2 N–H and O–H groups in total. The number of ether oxygens (including phenoxy) is 1. The van der Waals surface area contributed by atoms with E-state index in [4.69, 9.17) is 10.5 Å². The number of rotatable bonds is 3. The van der Waals surface area contributed by atoms with E-state index in [9.17, 15) is 4.79 Å². The molecule has 0 aliphatic heterocycles. The van der Waals surface area contributed by atoms with Gasteiger partial charge in [0.25, 0.3) is 0 Å². The predicted molar refractivity (Wildman–Crippen MR) is 51.5 cm³/mol. The molecule has 3 nitrogen and oxygen atoms in total. The van der Waals surface area contributed by atoms with Crippen LogP contribution in [0.1, 0.15) is 6.92 Å². The van der Waals surface area contributed by atoms with Crippen molar-refractivity contribution in [3.05, 3.63) is 0 Å². The van der Waals surface area contributed by atoms with Crippen molar-refractivity contribution in [2.24, 2.45) is 52.6 Å². The molecule has 0 radical (unpaired) electrons. The summed E-state index contributed by atoms with van der Waals surface area (Å²) in [7, 11) is 0. The minimum absolute atomic E-state index is 0.145. The highest BCUT2D eigenvalue weighted by Gasteiger charge is 3.05. The third-order valence-electron chi connectivity index (χ3n) is 6.63.